The van der Waals surface area contributed by atoms with Crippen LogP contribution in [0.4, 0.5) is 5.69 Å². The zero-order chi connectivity index (χ0) is 10.8. The van der Waals surface area contributed by atoms with Crippen molar-refractivity contribution in [1.82, 2.24) is 0 Å². The van der Waals surface area contributed by atoms with Gasteiger partial charge in [0.25, 0.3) is 0 Å². The molecule has 1 saturated heterocycles. The molecule has 2 rings (SSSR count). The van der Waals surface area contributed by atoms with E-state index in [1.54, 1.807) is 0 Å². The van der Waals surface area contributed by atoms with E-state index >= 15 is 0 Å². The van der Waals surface area contributed by atoms with E-state index in [9.17, 15) is 4.79 Å². The van der Waals surface area contributed by atoms with Gasteiger partial charge in [0.05, 0.1) is 0 Å². The number of hydrogen-bond acceptors (Lipinski definition) is 2. The van der Waals surface area contributed by atoms with Crippen molar-refractivity contribution in [2.75, 3.05) is 18.0 Å². The molecule has 0 amide bonds. The van der Waals surface area contributed by atoms with Gasteiger partial charge in [0.15, 0.2) is 0 Å². The average Bonchev–Trinajstić information content (AvgIpc) is 2.23. The molecule has 2 heteroatoms. The van der Waals surface area contributed by atoms with Crippen LogP contribution in [-0.2, 0) is 4.79 Å². The molecule has 1 aliphatic rings. The number of aryl methyl sites for hydroxylation is 2. The second-order valence-corrected chi connectivity index (χ2v) is 4.32. The summed E-state index contributed by atoms with van der Waals surface area (Å²) in [6, 6.07) is 6.50. The van der Waals surface area contributed by atoms with Crippen LogP contribution in [0.25, 0.3) is 0 Å². The van der Waals surface area contributed by atoms with Gasteiger partial charge in [-0.15, -0.1) is 0 Å². The Morgan fingerprint density at radius 2 is 1.80 bits per heavy atom. The molecule has 0 aliphatic carbocycles. The Balaban J connectivity index is 2.21. The van der Waals surface area contributed by atoms with Gasteiger partial charge >= 0.3 is 0 Å². The maximum Gasteiger partial charge on any atom is 0.136 e. The summed E-state index contributed by atoms with van der Waals surface area (Å²) in [4.78, 5) is 13.5. The van der Waals surface area contributed by atoms with Gasteiger partial charge in [0.2, 0.25) is 0 Å². The fourth-order valence-corrected chi connectivity index (χ4v) is 2.06. The van der Waals surface area contributed by atoms with Gasteiger partial charge in [-0.05, 0) is 31.0 Å². The lowest BCUT2D eigenvalue weighted by Gasteiger charge is -2.29. The van der Waals surface area contributed by atoms with Gasteiger partial charge in [-0.3, -0.25) is 4.79 Å². The maximum atomic E-state index is 11.2. The van der Waals surface area contributed by atoms with Gasteiger partial charge in [-0.2, -0.15) is 0 Å². The minimum atomic E-state index is 0.400. The number of piperidine rings is 1. The second-order valence-electron chi connectivity index (χ2n) is 4.32. The molecular weight excluding hydrogens is 186 g/mol. The van der Waals surface area contributed by atoms with Crippen molar-refractivity contribution in [2.45, 2.75) is 26.7 Å². The number of carbonyl (C=O) groups is 1. The largest absolute Gasteiger partial charge is 0.370 e. The van der Waals surface area contributed by atoms with Crippen LogP contribution < -0.4 is 4.90 Å². The van der Waals surface area contributed by atoms with Crippen LogP contribution in [-0.4, -0.2) is 18.9 Å². The number of Topliss-reactive ketones (excluding diaryl/α,β-unsaturated/α-hetero) is 1. The van der Waals surface area contributed by atoms with Gasteiger partial charge in [0.1, 0.15) is 5.78 Å². The Kier molecular flexibility index (Phi) is 2.76. The van der Waals surface area contributed by atoms with Crippen LogP contribution in [0.2, 0.25) is 0 Å². The average molecular weight is 203 g/mol. The molecule has 1 aromatic carbocycles. The lowest BCUT2D eigenvalue weighted by molar-refractivity contribution is -0.119. The van der Waals surface area contributed by atoms with E-state index in [1.807, 2.05) is 0 Å². The predicted octanol–water partition coefficient (Wildman–Crippen LogP) is 2.47. The van der Waals surface area contributed by atoms with Crippen molar-refractivity contribution in [1.29, 1.82) is 0 Å². The first-order chi connectivity index (χ1) is 7.16. The number of anilines is 1. The third-order valence-corrected chi connectivity index (χ3v) is 3.03. The molecule has 1 fully saturated rings. The zero-order valence-corrected chi connectivity index (χ0v) is 9.42. The van der Waals surface area contributed by atoms with E-state index in [0.717, 1.165) is 13.1 Å². The smallest absolute Gasteiger partial charge is 0.136 e. The molecule has 0 unspecified atom stereocenters. The summed E-state index contributed by atoms with van der Waals surface area (Å²) in [5, 5.41) is 0. The van der Waals surface area contributed by atoms with Crippen LogP contribution in [0.15, 0.2) is 18.2 Å². The Bertz CT molecular complexity index is 374. The lowest BCUT2D eigenvalue weighted by Crippen LogP contribution is -2.34. The van der Waals surface area contributed by atoms with Gasteiger partial charge in [-0.1, -0.05) is 12.1 Å². The summed E-state index contributed by atoms with van der Waals surface area (Å²) in [5.41, 5.74) is 3.88. The predicted molar refractivity (Wildman–Crippen MR) is 62.4 cm³/mol. The fourth-order valence-electron chi connectivity index (χ4n) is 2.06. The number of nitrogens with zero attached hydrogens (tertiary/aromatic N) is 1. The Labute approximate surface area is 90.9 Å². The molecule has 0 aromatic heterocycles. The zero-order valence-electron chi connectivity index (χ0n) is 9.42. The van der Waals surface area contributed by atoms with Crippen molar-refractivity contribution >= 4 is 11.5 Å². The summed E-state index contributed by atoms with van der Waals surface area (Å²) in [6.45, 7) is 6.00. The summed E-state index contributed by atoms with van der Waals surface area (Å²) < 4.78 is 0. The molecular formula is C13H17NO. The van der Waals surface area contributed by atoms with Gasteiger partial charge in [0, 0.05) is 31.6 Å². The molecule has 1 aliphatic heterocycles. The minimum Gasteiger partial charge on any atom is -0.370 e. The third-order valence-electron chi connectivity index (χ3n) is 3.03. The molecule has 2 nitrogen and oxygen atoms in total. The lowest BCUT2D eigenvalue weighted by atomic mass is 10.1. The maximum absolute atomic E-state index is 11.2. The summed E-state index contributed by atoms with van der Waals surface area (Å²) >= 11 is 0. The van der Waals surface area contributed by atoms with Crippen molar-refractivity contribution in [3.8, 4) is 0 Å². The topological polar surface area (TPSA) is 20.3 Å². The standard InChI is InChI=1S/C13H17NO/c1-10-3-4-11(2)13(9-10)14-7-5-12(15)6-8-14/h3-4,9H,5-8H2,1-2H3. The molecule has 0 spiro atoms. The normalized spacial score (nSPS) is 16.9. The highest BCUT2D eigenvalue weighted by atomic mass is 16.1. The van der Waals surface area contributed by atoms with Crippen LogP contribution in [0.3, 0.4) is 0 Å². The van der Waals surface area contributed by atoms with E-state index < -0.39 is 0 Å². The van der Waals surface area contributed by atoms with E-state index in [4.69, 9.17) is 0 Å². The summed E-state index contributed by atoms with van der Waals surface area (Å²) in [7, 11) is 0. The Morgan fingerprint density at radius 3 is 2.47 bits per heavy atom. The highest BCUT2D eigenvalue weighted by molar-refractivity contribution is 5.81. The SMILES string of the molecule is Cc1ccc(C)c(N2CCC(=O)CC2)c1. The van der Waals surface area contributed by atoms with Crippen molar-refractivity contribution in [2.24, 2.45) is 0 Å². The van der Waals surface area contributed by atoms with Crippen molar-refractivity contribution < 1.29 is 4.79 Å². The number of hydrogen-bond donors (Lipinski definition) is 0. The first kappa shape index (κ1) is 10.2. The van der Waals surface area contributed by atoms with Crippen LogP contribution in [0.1, 0.15) is 24.0 Å². The first-order valence-electron chi connectivity index (χ1n) is 5.51. The van der Waals surface area contributed by atoms with E-state index in [1.165, 1.54) is 16.8 Å². The van der Waals surface area contributed by atoms with Crippen LogP contribution in [0, 0.1) is 13.8 Å². The quantitative estimate of drug-likeness (QED) is 0.699. The Hall–Kier alpha value is -1.31. The highest BCUT2D eigenvalue weighted by Crippen LogP contribution is 2.23. The van der Waals surface area contributed by atoms with Gasteiger partial charge in [-0.25, -0.2) is 0 Å². The monoisotopic (exact) mass is 203 g/mol. The molecule has 0 saturated carbocycles. The molecule has 15 heavy (non-hydrogen) atoms. The minimum absolute atomic E-state index is 0.400. The number of benzene rings is 1. The molecule has 0 atom stereocenters. The van der Waals surface area contributed by atoms with Crippen molar-refractivity contribution in [3.05, 3.63) is 29.3 Å². The third kappa shape index (κ3) is 2.20. The molecule has 0 N–H and O–H groups in total. The van der Waals surface area contributed by atoms with Crippen molar-refractivity contribution in [3.63, 3.8) is 0 Å². The second kappa shape index (κ2) is 4.05. The summed E-state index contributed by atoms with van der Waals surface area (Å²) in [5.74, 6) is 0.400. The van der Waals surface area contributed by atoms with Crippen LogP contribution >= 0.6 is 0 Å². The summed E-state index contributed by atoms with van der Waals surface area (Å²) in [6.07, 6.45) is 1.40. The van der Waals surface area contributed by atoms with E-state index in [0.29, 0.717) is 18.6 Å². The molecule has 80 valence electrons. The molecule has 0 radical (unpaired) electrons. The van der Waals surface area contributed by atoms with Gasteiger partial charge < -0.3 is 4.90 Å². The fraction of sp³-hybridized carbons (Fsp3) is 0.462. The van der Waals surface area contributed by atoms with E-state index in [2.05, 4.69) is 36.9 Å². The Morgan fingerprint density at radius 1 is 1.13 bits per heavy atom. The first-order valence-corrected chi connectivity index (χ1v) is 5.51. The number of carbonyl (C=O) groups excluding carboxylic acids is 1. The molecule has 1 aromatic rings. The van der Waals surface area contributed by atoms with Crippen LogP contribution in [0.5, 0.6) is 0 Å². The molecule has 1 heterocycles. The molecule has 0 bridgehead atoms. The van der Waals surface area contributed by atoms with E-state index in [-0.39, 0.29) is 0 Å². The highest BCUT2D eigenvalue weighted by Gasteiger charge is 2.17. The number of ketones is 1. The number of rotatable bonds is 1.